The molecule has 6 amide bonds. The topological polar surface area (TPSA) is 134 Å². The first-order chi connectivity index (χ1) is 12.6. The molecule has 0 unspecified atom stereocenters. The molecule has 2 rings (SSSR count). The van der Waals surface area contributed by atoms with Crippen molar-refractivity contribution in [2.75, 3.05) is 6.54 Å². The zero-order chi connectivity index (χ0) is 20.2. The average molecular weight is 382 g/mol. The molecule has 0 aromatic heterocycles. The van der Waals surface area contributed by atoms with Gasteiger partial charge in [0, 0.05) is 12.6 Å². The largest absolute Gasteiger partial charge is 0.452 e. The van der Waals surface area contributed by atoms with Crippen LogP contribution >= 0.6 is 0 Å². The zero-order valence-corrected chi connectivity index (χ0v) is 15.8. The van der Waals surface area contributed by atoms with E-state index in [-0.39, 0.29) is 24.9 Å². The van der Waals surface area contributed by atoms with Crippen LogP contribution in [0.5, 0.6) is 0 Å². The molecule has 1 spiro atoms. The fourth-order valence-electron chi connectivity index (χ4n) is 3.22. The third-order valence-corrected chi connectivity index (χ3v) is 4.58. The Balaban J connectivity index is 1.78. The number of imide groups is 2. The number of nitrogens with one attached hydrogen (secondary N) is 3. The zero-order valence-electron chi connectivity index (χ0n) is 15.8. The van der Waals surface area contributed by atoms with E-state index in [1.54, 1.807) is 13.8 Å². The second kappa shape index (κ2) is 8.36. The minimum atomic E-state index is -1.18. The van der Waals surface area contributed by atoms with Crippen molar-refractivity contribution >= 4 is 29.8 Å². The molecular weight excluding hydrogens is 356 g/mol. The van der Waals surface area contributed by atoms with Crippen molar-refractivity contribution in [2.24, 2.45) is 0 Å². The molecule has 1 atom stereocenters. The van der Waals surface area contributed by atoms with Crippen LogP contribution in [0.25, 0.3) is 0 Å². The van der Waals surface area contributed by atoms with Gasteiger partial charge in [-0.1, -0.05) is 12.8 Å². The highest BCUT2D eigenvalue weighted by Gasteiger charge is 2.52. The van der Waals surface area contributed by atoms with Crippen LogP contribution in [0.1, 0.15) is 52.9 Å². The summed E-state index contributed by atoms with van der Waals surface area (Å²) in [5.74, 6) is -1.81. The molecule has 10 heteroatoms. The van der Waals surface area contributed by atoms with Crippen LogP contribution < -0.4 is 16.0 Å². The van der Waals surface area contributed by atoms with Crippen LogP contribution in [0.2, 0.25) is 0 Å². The van der Waals surface area contributed by atoms with Gasteiger partial charge in [-0.15, -0.1) is 0 Å². The molecule has 2 fully saturated rings. The van der Waals surface area contributed by atoms with Crippen molar-refractivity contribution < 1.29 is 28.7 Å². The molecule has 27 heavy (non-hydrogen) atoms. The van der Waals surface area contributed by atoms with Gasteiger partial charge in [0.2, 0.25) is 0 Å². The lowest BCUT2D eigenvalue weighted by atomic mass is 9.98. The van der Waals surface area contributed by atoms with E-state index in [9.17, 15) is 24.0 Å². The lowest BCUT2D eigenvalue weighted by molar-refractivity contribution is -0.154. The SMILES string of the molecule is CC(C)NC(=O)NC(=O)[C@@H](C)OC(=O)CCN1C(=O)NC2(CCCC2)C1=O. The molecule has 1 saturated heterocycles. The van der Waals surface area contributed by atoms with Gasteiger partial charge in [0.1, 0.15) is 5.54 Å². The van der Waals surface area contributed by atoms with Crippen molar-refractivity contribution in [2.45, 2.75) is 70.6 Å². The summed E-state index contributed by atoms with van der Waals surface area (Å²) in [6, 6.07) is -1.34. The molecule has 0 radical (unpaired) electrons. The van der Waals surface area contributed by atoms with Gasteiger partial charge in [-0.3, -0.25) is 24.6 Å². The molecule has 0 aromatic carbocycles. The Labute approximate surface area is 157 Å². The standard InChI is InChI=1S/C17H26N4O6/c1-10(2)18-15(25)19-13(23)11(3)27-12(22)6-9-21-14(24)17(20-16(21)26)7-4-5-8-17/h10-11H,4-9H2,1-3H3,(H,20,26)(H2,18,19,23,25)/t11-/m1/s1. The smallest absolute Gasteiger partial charge is 0.325 e. The van der Waals surface area contributed by atoms with E-state index in [0.717, 1.165) is 17.7 Å². The summed E-state index contributed by atoms with van der Waals surface area (Å²) in [7, 11) is 0. The number of rotatable bonds is 6. The highest BCUT2D eigenvalue weighted by Crippen LogP contribution is 2.35. The van der Waals surface area contributed by atoms with E-state index in [1.807, 2.05) is 0 Å². The van der Waals surface area contributed by atoms with Crippen LogP contribution in [-0.4, -0.2) is 59.0 Å². The van der Waals surface area contributed by atoms with Crippen LogP contribution in [0.15, 0.2) is 0 Å². The Morgan fingerprint density at radius 1 is 1.19 bits per heavy atom. The van der Waals surface area contributed by atoms with Crippen LogP contribution in [-0.2, 0) is 19.1 Å². The Bertz CT molecular complexity index is 641. The Hall–Kier alpha value is -2.65. The fourth-order valence-corrected chi connectivity index (χ4v) is 3.22. The van der Waals surface area contributed by atoms with Gasteiger partial charge < -0.3 is 15.4 Å². The summed E-state index contributed by atoms with van der Waals surface area (Å²) in [6.07, 6.45) is 1.55. The molecule has 0 aromatic rings. The maximum Gasteiger partial charge on any atom is 0.325 e. The van der Waals surface area contributed by atoms with Crippen molar-refractivity contribution in [3.63, 3.8) is 0 Å². The number of urea groups is 2. The van der Waals surface area contributed by atoms with Crippen molar-refractivity contribution in [1.82, 2.24) is 20.9 Å². The highest BCUT2D eigenvalue weighted by molar-refractivity contribution is 6.07. The first-order valence-corrected chi connectivity index (χ1v) is 9.09. The second-order valence-corrected chi connectivity index (χ2v) is 7.18. The predicted octanol–water partition coefficient (Wildman–Crippen LogP) is 0.407. The normalized spacial score (nSPS) is 19.2. The summed E-state index contributed by atoms with van der Waals surface area (Å²) >= 11 is 0. The first-order valence-electron chi connectivity index (χ1n) is 9.09. The fraction of sp³-hybridized carbons (Fsp3) is 0.706. The van der Waals surface area contributed by atoms with Crippen LogP contribution in [0, 0.1) is 0 Å². The quantitative estimate of drug-likeness (QED) is 0.450. The molecule has 1 aliphatic heterocycles. The molecule has 3 N–H and O–H groups in total. The molecule has 1 saturated carbocycles. The monoisotopic (exact) mass is 382 g/mol. The van der Waals surface area contributed by atoms with E-state index >= 15 is 0 Å². The van der Waals surface area contributed by atoms with Crippen LogP contribution in [0.3, 0.4) is 0 Å². The molecule has 1 heterocycles. The number of hydrogen-bond acceptors (Lipinski definition) is 6. The molecule has 10 nitrogen and oxygen atoms in total. The maximum atomic E-state index is 12.5. The Morgan fingerprint density at radius 3 is 2.41 bits per heavy atom. The van der Waals surface area contributed by atoms with Gasteiger partial charge in [0.25, 0.3) is 11.8 Å². The van der Waals surface area contributed by atoms with E-state index < -0.39 is 35.6 Å². The number of carbonyl (C=O) groups excluding carboxylic acids is 5. The molecule has 1 aliphatic carbocycles. The molecule has 150 valence electrons. The Kier molecular flexibility index (Phi) is 6.40. The molecule has 0 bridgehead atoms. The molecule has 2 aliphatic rings. The average Bonchev–Trinajstić information content (AvgIpc) is 3.11. The minimum absolute atomic E-state index is 0.118. The third kappa shape index (κ3) is 4.95. The van der Waals surface area contributed by atoms with E-state index in [4.69, 9.17) is 4.74 Å². The van der Waals surface area contributed by atoms with Gasteiger partial charge in [0.05, 0.1) is 6.42 Å². The third-order valence-electron chi connectivity index (χ3n) is 4.58. The van der Waals surface area contributed by atoms with E-state index in [1.165, 1.54) is 6.92 Å². The number of esters is 1. The number of nitrogens with zero attached hydrogens (tertiary/aromatic N) is 1. The first kappa shape index (κ1) is 20.7. The number of hydrogen-bond donors (Lipinski definition) is 3. The van der Waals surface area contributed by atoms with E-state index in [2.05, 4.69) is 16.0 Å². The lowest BCUT2D eigenvalue weighted by Crippen LogP contribution is -2.46. The van der Waals surface area contributed by atoms with Gasteiger partial charge >= 0.3 is 18.0 Å². The summed E-state index contributed by atoms with van der Waals surface area (Å²) < 4.78 is 4.96. The van der Waals surface area contributed by atoms with Gasteiger partial charge in [0.15, 0.2) is 6.10 Å². The number of ether oxygens (including phenoxy) is 1. The van der Waals surface area contributed by atoms with Crippen molar-refractivity contribution in [3.05, 3.63) is 0 Å². The number of carbonyl (C=O) groups is 5. The van der Waals surface area contributed by atoms with E-state index in [0.29, 0.717) is 12.8 Å². The molecular formula is C17H26N4O6. The van der Waals surface area contributed by atoms with Gasteiger partial charge in [-0.2, -0.15) is 0 Å². The highest BCUT2D eigenvalue weighted by atomic mass is 16.5. The second-order valence-electron chi connectivity index (χ2n) is 7.18. The van der Waals surface area contributed by atoms with Gasteiger partial charge in [-0.05, 0) is 33.6 Å². The summed E-state index contributed by atoms with van der Waals surface area (Å²) in [6.45, 7) is 4.68. The van der Waals surface area contributed by atoms with Crippen LogP contribution in [0.4, 0.5) is 9.59 Å². The maximum absolute atomic E-state index is 12.5. The van der Waals surface area contributed by atoms with Gasteiger partial charge in [-0.25, -0.2) is 9.59 Å². The summed E-state index contributed by atoms with van der Waals surface area (Å²) in [5, 5.41) is 7.27. The van der Waals surface area contributed by atoms with Crippen molar-refractivity contribution in [1.29, 1.82) is 0 Å². The summed E-state index contributed by atoms with van der Waals surface area (Å²) in [4.78, 5) is 60.8. The number of amides is 6. The van der Waals surface area contributed by atoms with Crippen molar-refractivity contribution in [3.8, 4) is 0 Å². The summed E-state index contributed by atoms with van der Waals surface area (Å²) in [5.41, 5.74) is -0.821. The minimum Gasteiger partial charge on any atom is -0.452 e. The lowest BCUT2D eigenvalue weighted by Gasteiger charge is -2.20. The Morgan fingerprint density at radius 2 is 1.81 bits per heavy atom. The predicted molar refractivity (Wildman–Crippen MR) is 93.4 cm³/mol.